The molecule has 0 saturated carbocycles. The molecule has 0 saturated heterocycles. The number of carbonyl (C=O) groups excluding carboxylic acids is 1. The second-order valence-corrected chi connectivity index (χ2v) is 4.30. The second kappa shape index (κ2) is 5.46. The summed E-state index contributed by atoms with van der Waals surface area (Å²) in [4.78, 5) is 29.2. The third-order valence-corrected chi connectivity index (χ3v) is 2.48. The van der Waals surface area contributed by atoms with Gasteiger partial charge < -0.3 is 15.4 Å². The van der Waals surface area contributed by atoms with Crippen molar-refractivity contribution in [2.24, 2.45) is 5.16 Å². The Labute approximate surface area is 109 Å². The molecule has 9 heteroatoms. The van der Waals surface area contributed by atoms with Gasteiger partial charge in [0.1, 0.15) is 5.69 Å². The fraction of sp³-hybridized carbons (Fsp3) is 0.500. The summed E-state index contributed by atoms with van der Waals surface area (Å²) in [7, 11) is 1.41. The van der Waals surface area contributed by atoms with Gasteiger partial charge in [-0.25, -0.2) is 4.79 Å². The van der Waals surface area contributed by atoms with E-state index in [9.17, 15) is 14.9 Å². The number of imidazole rings is 1. The number of nitrogens with zero attached hydrogens (tertiary/aromatic N) is 4. The van der Waals surface area contributed by atoms with E-state index in [1.54, 1.807) is 25.3 Å². The number of rotatable bonds is 4. The average molecular weight is 269 g/mol. The van der Waals surface area contributed by atoms with Crippen LogP contribution in [0.15, 0.2) is 11.5 Å². The number of oxime groups is 1. The molecule has 1 N–H and O–H groups in total. The number of nitrogens with one attached hydrogen (secondary N) is 1. The molecule has 0 unspecified atom stereocenters. The number of hydrogen-bond donors (Lipinski definition) is 1. The summed E-state index contributed by atoms with van der Waals surface area (Å²) < 4.78 is 1.57. The van der Waals surface area contributed by atoms with E-state index < -0.39 is 16.6 Å². The van der Waals surface area contributed by atoms with Crippen LogP contribution < -0.4 is 5.32 Å². The molecule has 1 aromatic rings. The quantitative estimate of drug-likeness (QED) is 0.381. The molecule has 0 radical (unpaired) electrons. The van der Waals surface area contributed by atoms with Crippen molar-refractivity contribution < 1.29 is 14.6 Å². The van der Waals surface area contributed by atoms with Crippen LogP contribution in [0.3, 0.4) is 0 Å². The highest BCUT2D eigenvalue weighted by Crippen LogP contribution is 2.22. The van der Waals surface area contributed by atoms with E-state index in [4.69, 9.17) is 0 Å². The van der Waals surface area contributed by atoms with Gasteiger partial charge in [-0.3, -0.25) is 9.40 Å². The summed E-state index contributed by atoms with van der Waals surface area (Å²) in [6, 6.07) is 0. The van der Waals surface area contributed by atoms with E-state index in [2.05, 4.69) is 20.3 Å². The van der Waals surface area contributed by atoms with Crippen molar-refractivity contribution in [2.45, 2.75) is 26.3 Å². The molecule has 0 bridgehead atoms. The lowest BCUT2D eigenvalue weighted by atomic mass is 10.1. The van der Waals surface area contributed by atoms with Gasteiger partial charge in [0.2, 0.25) is 6.33 Å². The lowest BCUT2D eigenvalue weighted by Gasteiger charge is -2.20. The van der Waals surface area contributed by atoms with E-state index in [0.717, 1.165) is 0 Å². The van der Waals surface area contributed by atoms with Crippen molar-refractivity contribution in [1.29, 1.82) is 0 Å². The van der Waals surface area contributed by atoms with Gasteiger partial charge in [-0.2, -0.15) is 0 Å². The highest BCUT2D eigenvalue weighted by molar-refractivity contribution is 5.70. The summed E-state index contributed by atoms with van der Waals surface area (Å²) in [5.74, 6) is -0.214. The van der Waals surface area contributed by atoms with Crippen LogP contribution in [-0.2, 0) is 10.4 Å². The first-order valence-electron chi connectivity index (χ1n) is 5.41. The lowest BCUT2D eigenvalue weighted by molar-refractivity contribution is -0.390. The van der Waals surface area contributed by atoms with Crippen LogP contribution in [-0.4, -0.2) is 33.8 Å². The largest absolute Gasteiger partial charge is 0.433 e. The Kier molecular flexibility index (Phi) is 4.20. The van der Waals surface area contributed by atoms with Crippen LogP contribution in [0.25, 0.3) is 0 Å². The minimum atomic E-state index is -0.723. The Bertz CT molecular complexity index is 520. The minimum absolute atomic E-state index is 0.214. The van der Waals surface area contributed by atoms with Crippen molar-refractivity contribution in [3.63, 3.8) is 0 Å². The second-order valence-electron chi connectivity index (χ2n) is 4.30. The molecule has 0 aliphatic heterocycles. The zero-order valence-corrected chi connectivity index (χ0v) is 11.1. The van der Waals surface area contributed by atoms with Gasteiger partial charge in [0.15, 0.2) is 0 Å². The fourth-order valence-corrected chi connectivity index (χ4v) is 1.47. The van der Waals surface area contributed by atoms with Gasteiger partial charge in [0, 0.05) is 7.05 Å². The monoisotopic (exact) mass is 269 g/mol. The van der Waals surface area contributed by atoms with E-state index in [-0.39, 0.29) is 5.82 Å². The van der Waals surface area contributed by atoms with E-state index in [0.29, 0.717) is 5.69 Å². The Hall–Kier alpha value is -2.45. The van der Waals surface area contributed by atoms with Gasteiger partial charge in [0.25, 0.3) is 0 Å². The number of aromatic nitrogens is 2. The number of nitro groups is 1. The first kappa shape index (κ1) is 14.6. The average Bonchev–Trinajstić information content (AvgIpc) is 2.71. The molecular formula is C10H15N5O4. The minimum Gasteiger partial charge on any atom is -0.358 e. The molecule has 9 nitrogen and oxygen atoms in total. The summed E-state index contributed by atoms with van der Waals surface area (Å²) in [5.41, 5.74) is -0.333. The lowest BCUT2D eigenvalue weighted by Crippen LogP contribution is -2.29. The van der Waals surface area contributed by atoms with E-state index in [1.165, 1.54) is 19.6 Å². The standard InChI is InChI=1S/C10H15N5O4/c1-7-8(15(17)18)12-6-14(7)10(2,3)5-13-19-9(16)11-4/h5-6H,1-4H3,(H,11,16). The molecule has 104 valence electrons. The first-order chi connectivity index (χ1) is 8.79. The van der Waals surface area contributed by atoms with Crippen molar-refractivity contribution >= 4 is 18.1 Å². The van der Waals surface area contributed by atoms with Crippen LogP contribution >= 0.6 is 0 Å². The molecule has 0 aliphatic carbocycles. The molecule has 0 atom stereocenters. The normalized spacial score (nSPS) is 11.6. The fourth-order valence-electron chi connectivity index (χ4n) is 1.47. The Morgan fingerprint density at radius 3 is 2.79 bits per heavy atom. The maximum absolute atomic E-state index is 10.8. The third kappa shape index (κ3) is 3.27. The van der Waals surface area contributed by atoms with Crippen molar-refractivity contribution in [3.8, 4) is 0 Å². The van der Waals surface area contributed by atoms with Crippen molar-refractivity contribution in [1.82, 2.24) is 14.9 Å². The Morgan fingerprint density at radius 1 is 1.68 bits per heavy atom. The summed E-state index contributed by atoms with van der Waals surface area (Å²) in [5, 5.41) is 16.5. The molecule has 0 fully saturated rings. The number of hydrogen-bond acceptors (Lipinski definition) is 6. The predicted molar refractivity (Wildman–Crippen MR) is 67.0 cm³/mol. The van der Waals surface area contributed by atoms with Crippen LogP contribution in [0.2, 0.25) is 0 Å². The smallest absolute Gasteiger partial charge is 0.358 e. The summed E-state index contributed by atoms with van der Waals surface area (Å²) >= 11 is 0. The molecule has 1 amide bonds. The van der Waals surface area contributed by atoms with Crippen LogP contribution in [0, 0.1) is 17.0 Å². The summed E-state index contributed by atoms with van der Waals surface area (Å²) in [6.45, 7) is 5.09. The van der Waals surface area contributed by atoms with E-state index in [1.807, 2.05) is 0 Å². The van der Waals surface area contributed by atoms with Crippen molar-refractivity contribution in [3.05, 3.63) is 22.1 Å². The van der Waals surface area contributed by atoms with Crippen LogP contribution in [0.1, 0.15) is 19.5 Å². The topological polar surface area (TPSA) is 112 Å². The van der Waals surface area contributed by atoms with Gasteiger partial charge in [-0.05, 0) is 30.7 Å². The zero-order chi connectivity index (χ0) is 14.6. The predicted octanol–water partition coefficient (Wildman–Crippen LogP) is 1.18. The zero-order valence-electron chi connectivity index (χ0n) is 11.1. The molecule has 0 aromatic carbocycles. The van der Waals surface area contributed by atoms with Gasteiger partial charge >= 0.3 is 11.9 Å². The maximum atomic E-state index is 10.8. The molecule has 1 heterocycles. The highest BCUT2D eigenvalue weighted by Gasteiger charge is 2.27. The van der Waals surface area contributed by atoms with Crippen molar-refractivity contribution in [2.75, 3.05) is 7.05 Å². The maximum Gasteiger partial charge on any atom is 0.433 e. The SMILES string of the molecule is CNC(=O)ON=CC(C)(C)n1cnc([N+](=O)[O-])c1C. The molecule has 19 heavy (non-hydrogen) atoms. The van der Waals surface area contributed by atoms with E-state index >= 15 is 0 Å². The van der Waals surface area contributed by atoms with Crippen LogP contribution in [0.4, 0.5) is 10.6 Å². The molecule has 0 spiro atoms. The van der Waals surface area contributed by atoms with Gasteiger partial charge in [-0.15, -0.1) is 0 Å². The highest BCUT2D eigenvalue weighted by atomic mass is 16.7. The van der Waals surface area contributed by atoms with Gasteiger partial charge in [-0.1, -0.05) is 5.16 Å². The third-order valence-electron chi connectivity index (χ3n) is 2.48. The molecule has 1 aromatic heterocycles. The summed E-state index contributed by atoms with van der Waals surface area (Å²) in [6.07, 6.45) is 2.01. The Morgan fingerprint density at radius 2 is 2.32 bits per heavy atom. The Balaban J connectivity index is 2.94. The van der Waals surface area contributed by atoms with Gasteiger partial charge in [0.05, 0.1) is 11.8 Å². The first-order valence-corrected chi connectivity index (χ1v) is 5.41. The van der Waals surface area contributed by atoms with Crippen LogP contribution in [0.5, 0.6) is 0 Å². The molecule has 0 aliphatic rings. The molecular weight excluding hydrogens is 254 g/mol. The number of amides is 1. The molecule has 1 rings (SSSR count). The number of carbonyl (C=O) groups is 1.